The summed E-state index contributed by atoms with van der Waals surface area (Å²) < 4.78 is 11.9. The van der Waals surface area contributed by atoms with Crippen LogP contribution in [0, 0.1) is 16.7 Å². The average Bonchev–Trinajstić information content (AvgIpc) is 3.39. The second kappa shape index (κ2) is 10.8. The van der Waals surface area contributed by atoms with Crippen molar-refractivity contribution in [2.45, 2.75) is 42.7 Å². The molecule has 3 aromatic rings. The predicted molar refractivity (Wildman–Crippen MR) is 153 cm³/mol. The Kier molecular flexibility index (Phi) is 7.38. The van der Waals surface area contributed by atoms with E-state index in [1.165, 1.54) is 16.9 Å². The second-order valence-corrected chi connectivity index (χ2v) is 12.4. The fourth-order valence-electron chi connectivity index (χ4n) is 5.17. The summed E-state index contributed by atoms with van der Waals surface area (Å²) in [6.07, 6.45) is 0.942. The van der Waals surface area contributed by atoms with Gasteiger partial charge in [0.25, 0.3) is 0 Å². The minimum atomic E-state index is -0.685. The summed E-state index contributed by atoms with van der Waals surface area (Å²) in [5.74, 6) is 1.43. The van der Waals surface area contributed by atoms with E-state index in [1.54, 1.807) is 43.0 Å². The number of aromatic nitrogens is 2. The molecule has 1 atom stereocenters. The highest BCUT2D eigenvalue weighted by Gasteiger charge is 2.46. The molecule has 2 aliphatic rings. The maximum absolute atomic E-state index is 13.8. The van der Waals surface area contributed by atoms with Gasteiger partial charge in [0.05, 0.1) is 31.8 Å². The molecule has 1 aromatic heterocycles. The molecule has 8 nitrogen and oxygen atoms in total. The number of allylic oxidation sites excluding steroid dienone is 3. The van der Waals surface area contributed by atoms with Crippen LogP contribution in [0.15, 0.2) is 75.5 Å². The topological polar surface area (TPSA) is 114 Å². The highest BCUT2D eigenvalue weighted by Crippen LogP contribution is 2.52. The van der Waals surface area contributed by atoms with Crippen LogP contribution in [0.1, 0.15) is 43.7 Å². The molecule has 1 unspecified atom stereocenters. The largest absolute Gasteiger partial charge is 0.497 e. The molecule has 0 amide bonds. The molecule has 0 radical (unpaired) electrons. The van der Waals surface area contributed by atoms with Crippen LogP contribution < -0.4 is 20.1 Å². The Balaban J connectivity index is 1.62. The van der Waals surface area contributed by atoms with Gasteiger partial charge in [-0.1, -0.05) is 67.3 Å². The van der Waals surface area contributed by atoms with E-state index in [4.69, 9.17) is 15.2 Å². The molecule has 0 saturated carbocycles. The minimum Gasteiger partial charge on any atom is -0.497 e. The number of ketones is 1. The summed E-state index contributed by atoms with van der Waals surface area (Å²) >= 11 is 2.98. The third kappa shape index (κ3) is 5.12. The van der Waals surface area contributed by atoms with Crippen molar-refractivity contribution in [3.05, 3.63) is 82.3 Å². The Morgan fingerprint density at radius 3 is 2.62 bits per heavy atom. The second-order valence-electron chi connectivity index (χ2n) is 10.2. The van der Waals surface area contributed by atoms with Crippen molar-refractivity contribution in [1.82, 2.24) is 10.2 Å². The summed E-state index contributed by atoms with van der Waals surface area (Å²) in [6.45, 7) is 4.13. The van der Waals surface area contributed by atoms with Crippen LogP contribution in [0.25, 0.3) is 0 Å². The first-order valence-corrected chi connectivity index (χ1v) is 14.2. The number of methoxy groups -OCH3 is 2. The number of carbonyl (C=O) groups is 1. The smallest absolute Gasteiger partial charge is 0.219 e. The molecule has 2 heterocycles. The number of Topliss-reactive ketones (excluding diaryl/α,β-unsaturated/α-hetero) is 1. The van der Waals surface area contributed by atoms with Gasteiger partial charge < -0.3 is 15.2 Å². The first-order chi connectivity index (χ1) is 18.8. The molecular formula is C29H29N5O3S2. The van der Waals surface area contributed by atoms with Crippen LogP contribution in [-0.2, 0) is 10.5 Å². The van der Waals surface area contributed by atoms with Crippen molar-refractivity contribution >= 4 is 34.0 Å². The lowest BCUT2D eigenvalue weighted by atomic mass is 9.68. The van der Waals surface area contributed by atoms with E-state index in [1.807, 2.05) is 24.3 Å². The van der Waals surface area contributed by atoms with Crippen molar-refractivity contribution in [3.63, 3.8) is 0 Å². The third-order valence-electron chi connectivity index (χ3n) is 6.92. The van der Waals surface area contributed by atoms with E-state index in [9.17, 15) is 10.1 Å². The molecule has 5 rings (SSSR count). The van der Waals surface area contributed by atoms with Gasteiger partial charge in [-0.15, -0.1) is 10.2 Å². The molecular weight excluding hydrogens is 530 g/mol. The number of benzene rings is 2. The lowest BCUT2D eigenvalue weighted by molar-refractivity contribution is -0.118. The van der Waals surface area contributed by atoms with Crippen LogP contribution in [-0.4, -0.2) is 30.2 Å². The summed E-state index contributed by atoms with van der Waals surface area (Å²) in [4.78, 5) is 15.6. The van der Waals surface area contributed by atoms with Crippen molar-refractivity contribution < 1.29 is 14.3 Å². The Bertz CT molecular complexity index is 1520. The van der Waals surface area contributed by atoms with Gasteiger partial charge in [-0.2, -0.15) is 5.26 Å². The fraction of sp³-hybridized carbons (Fsp3) is 0.310. The SMILES string of the molecule is COc1ccc(OC)c(C2C(C#N)=C(N)N(c3nnc(SCc4ccccc4)s3)C3=C2C(=O)CC(C)(C)C3)c1. The molecule has 0 bridgehead atoms. The number of thioether (sulfide) groups is 1. The standard InChI is InChI=1S/C29H29N5O3S2/c1-29(2)13-21-25(22(35)14-29)24(19-12-18(36-3)10-11-23(19)37-4)20(15-30)26(31)34(21)27-32-33-28(39-27)38-16-17-8-6-5-7-9-17/h5-12,24H,13-14,16,31H2,1-4H3. The first-order valence-electron chi connectivity index (χ1n) is 12.4. The van der Waals surface area contributed by atoms with Crippen molar-refractivity contribution in [2.75, 3.05) is 19.1 Å². The summed E-state index contributed by atoms with van der Waals surface area (Å²) in [5, 5.41) is 19.8. The summed E-state index contributed by atoms with van der Waals surface area (Å²) in [6, 6.07) is 17.8. The number of carbonyl (C=O) groups excluding carboxylic acids is 1. The van der Waals surface area contributed by atoms with E-state index in [0.29, 0.717) is 40.6 Å². The zero-order valence-corrected chi connectivity index (χ0v) is 23.9. The minimum absolute atomic E-state index is 0.0236. The van der Waals surface area contributed by atoms with Crippen molar-refractivity contribution in [1.29, 1.82) is 5.26 Å². The van der Waals surface area contributed by atoms with Crippen LogP contribution in [0.5, 0.6) is 11.5 Å². The van der Waals surface area contributed by atoms with Gasteiger partial charge in [0.1, 0.15) is 17.3 Å². The number of rotatable bonds is 7. The van der Waals surface area contributed by atoms with Gasteiger partial charge >= 0.3 is 0 Å². The Labute approximate surface area is 236 Å². The highest BCUT2D eigenvalue weighted by atomic mass is 32.2. The Hall–Kier alpha value is -3.81. The quantitative estimate of drug-likeness (QED) is 0.359. The van der Waals surface area contributed by atoms with Crippen LogP contribution >= 0.6 is 23.1 Å². The van der Waals surface area contributed by atoms with Gasteiger partial charge in [0, 0.05) is 29.0 Å². The molecule has 0 spiro atoms. The molecule has 0 fully saturated rings. The average molecular weight is 560 g/mol. The Morgan fingerprint density at radius 1 is 1.15 bits per heavy atom. The summed E-state index contributed by atoms with van der Waals surface area (Å²) in [5.41, 5.74) is 9.87. The monoisotopic (exact) mass is 559 g/mol. The van der Waals surface area contributed by atoms with Gasteiger partial charge in [-0.05, 0) is 35.6 Å². The predicted octanol–water partition coefficient (Wildman–Crippen LogP) is 5.79. The Morgan fingerprint density at radius 2 is 1.92 bits per heavy atom. The number of ether oxygens (including phenoxy) is 2. The normalized spacial score (nSPS) is 18.6. The van der Waals surface area contributed by atoms with Crippen molar-refractivity contribution in [3.8, 4) is 17.6 Å². The maximum atomic E-state index is 13.8. The number of hydrogen-bond acceptors (Lipinski definition) is 10. The molecule has 1 aliphatic heterocycles. The molecule has 10 heteroatoms. The van der Waals surface area contributed by atoms with E-state index in [2.05, 4.69) is 42.2 Å². The van der Waals surface area contributed by atoms with E-state index < -0.39 is 5.92 Å². The zero-order chi connectivity index (χ0) is 27.7. The van der Waals surface area contributed by atoms with Crippen LogP contribution in [0.2, 0.25) is 0 Å². The van der Waals surface area contributed by atoms with Gasteiger partial charge in [-0.3, -0.25) is 9.69 Å². The van der Waals surface area contributed by atoms with E-state index in [-0.39, 0.29) is 22.6 Å². The third-order valence-corrected chi connectivity index (χ3v) is 9.03. The molecule has 39 heavy (non-hydrogen) atoms. The number of anilines is 1. The van der Waals surface area contributed by atoms with Gasteiger partial charge in [0.2, 0.25) is 5.13 Å². The number of nitriles is 1. The zero-order valence-electron chi connectivity index (χ0n) is 22.2. The van der Waals surface area contributed by atoms with E-state index in [0.717, 1.165) is 15.8 Å². The fourth-order valence-corrected chi connectivity index (χ4v) is 7.01. The summed E-state index contributed by atoms with van der Waals surface area (Å²) in [7, 11) is 3.14. The first kappa shape index (κ1) is 26.8. The molecule has 1 aliphatic carbocycles. The molecule has 0 saturated heterocycles. The number of nitrogens with two attached hydrogens (primary N) is 1. The van der Waals surface area contributed by atoms with Gasteiger partial charge in [0.15, 0.2) is 10.1 Å². The van der Waals surface area contributed by atoms with Gasteiger partial charge in [-0.25, -0.2) is 0 Å². The lowest BCUT2D eigenvalue weighted by Crippen LogP contribution is -2.42. The van der Waals surface area contributed by atoms with Crippen molar-refractivity contribution in [2.24, 2.45) is 11.1 Å². The molecule has 2 aromatic carbocycles. The number of nitrogens with zero attached hydrogens (tertiary/aromatic N) is 4. The molecule has 2 N–H and O–H groups in total. The number of hydrogen-bond donors (Lipinski definition) is 1. The highest BCUT2D eigenvalue weighted by molar-refractivity contribution is 8.00. The van der Waals surface area contributed by atoms with E-state index >= 15 is 0 Å². The van der Waals surface area contributed by atoms with Crippen LogP contribution in [0.4, 0.5) is 5.13 Å². The van der Waals surface area contributed by atoms with Crippen LogP contribution in [0.3, 0.4) is 0 Å². The maximum Gasteiger partial charge on any atom is 0.219 e. The lowest BCUT2D eigenvalue weighted by Gasteiger charge is -2.42. The molecule has 200 valence electrons.